The third kappa shape index (κ3) is 12.7. The molecule has 0 bridgehead atoms. The van der Waals surface area contributed by atoms with Gasteiger partial charge in [0.2, 0.25) is 5.91 Å². The van der Waals surface area contributed by atoms with Crippen LogP contribution in [0.1, 0.15) is 111 Å². The van der Waals surface area contributed by atoms with Crippen molar-refractivity contribution in [2.24, 2.45) is 10.9 Å². The summed E-state index contributed by atoms with van der Waals surface area (Å²) >= 11 is 0. The average Bonchev–Trinajstić information content (AvgIpc) is 2.73. The molecule has 1 rings (SSSR count). The first-order chi connectivity index (χ1) is 14.6. The zero-order valence-electron chi connectivity index (χ0n) is 20.1. The predicted octanol–water partition coefficient (Wildman–Crippen LogP) is 5.31. The van der Waals surface area contributed by atoms with Crippen LogP contribution in [-0.2, 0) is 4.79 Å². The first kappa shape index (κ1) is 27.1. The molecule has 0 aromatic heterocycles. The molecular formula is C25H49N3O2. The third-order valence-corrected chi connectivity index (χ3v) is 6.27. The summed E-state index contributed by atoms with van der Waals surface area (Å²) in [5.41, 5.74) is 0. The molecule has 0 saturated heterocycles. The fourth-order valence-electron chi connectivity index (χ4n) is 4.11. The number of aliphatic hydroxyl groups is 1. The van der Waals surface area contributed by atoms with Gasteiger partial charge in [-0.3, -0.25) is 15.1 Å². The van der Waals surface area contributed by atoms with E-state index >= 15 is 0 Å². The van der Waals surface area contributed by atoms with Crippen molar-refractivity contribution in [1.29, 1.82) is 0 Å². The first-order valence-corrected chi connectivity index (χ1v) is 12.8. The van der Waals surface area contributed by atoms with Crippen molar-refractivity contribution in [3.05, 3.63) is 0 Å². The smallest absolute Gasteiger partial charge is 0.227 e. The average molecular weight is 424 g/mol. The number of hydrogen-bond acceptors (Lipinski definition) is 4. The van der Waals surface area contributed by atoms with E-state index in [9.17, 15) is 9.90 Å². The number of amides is 1. The molecule has 5 heteroatoms. The summed E-state index contributed by atoms with van der Waals surface area (Å²) in [5.74, 6) is 0.154. The highest BCUT2D eigenvalue weighted by atomic mass is 16.3. The molecule has 1 aliphatic rings. The van der Waals surface area contributed by atoms with E-state index in [-0.39, 0.29) is 24.1 Å². The van der Waals surface area contributed by atoms with Gasteiger partial charge in [-0.15, -0.1) is 0 Å². The normalized spacial score (nSPS) is 20.6. The van der Waals surface area contributed by atoms with E-state index in [4.69, 9.17) is 0 Å². The molecule has 2 N–H and O–H groups in total. The van der Waals surface area contributed by atoms with Crippen LogP contribution in [0.15, 0.2) is 4.99 Å². The van der Waals surface area contributed by atoms with E-state index in [0.29, 0.717) is 26.1 Å². The van der Waals surface area contributed by atoms with Gasteiger partial charge in [0.15, 0.2) is 0 Å². The van der Waals surface area contributed by atoms with Crippen LogP contribution in [0, 0.1) is 5.92 Å². The Morgan fingerprint density at radius 2 is 1.63 bits per heavy atom. The Labute approximate surface area is 186 Å². The van der Waals surface area contributed by atoms with Crippen LogP contribution in [0.3, 0.4) is 0 Å². The monoisotopic (exact) mass is 423 g/mol. The number of hydrogen-bond donors (Lipinski definition) is 2. The molecule has 0 spiro atoms. The molecule has 176 valence electrons. The van der Waals surface area contributed by atoms with E-state index in [0.717, 1.165) is 12.8 Å². The van der Waals surface area contributed by atoms with Crippen LogP contribution < -0.4 is 5.32 Å². The lowest BCUT2D eigenvalue weighted by molar-refractivity contribution is -0.137. The number of carbonyl (C=O) groups is 1. The molecule has 5 nitrogen and oxygen atoms in total. The topological polar surface area (TPSA) is 64.9 Å². The molecule has 3 unspecified atom stereocenters. The quantitative estimate of drug-likeness (QED) is 0.311. The van der Waals surface area contributed by atoms with Crippen molar-refractivity contribution < 1.29 is 9.90 Å². The fourth-order valence-corrected chi connectivity index (χ4v) is 4.11. The summed E-state index contributed by atoms with van der Waals surface area (Å²) in [6, 6.07) is 0. The number of rotatable bonds is 17. The molecule has 0 fully saturated rings. The Hall–Kier alpha value is -0.940. The highest BCUT2D eigenvalue weighted by Crippen LogP contribution is 2.14. The summed E-state index contributed by atoms with van der Waals surface area (Å²) in [7, 11) is 0. The van der Waals surface area contributed by atoms with Gasteiger partial charge < -0.3 is 10.0 Å². The number of carbonyl (C=O) groups excluding carboxylic acids is 1. The maximum Gasteiger partial charge on any atom is 0.227 e. The van der Waals surface area contributed by atoms with Gasteiger partial charge in [0.05, 0.1) is 18.8 Å². The second kappa shape index (κ2) is 17.7. The van der Waals surface area contributed by atoms with Gasteiger partial charge in [0.1, 0.15) is 0 Å². The standard InChI is InChI=1S/C25H49N3O2/c1-4-5-6-7-8-9-10-11-12-13-14-15-16-24(29)21-27-23(3)28-20-19-26-18-17-22(2)25(28)30/h18,22-24,27,29H,4-17,19-21H2,1-3H3/b26-18-. The number of aliphatic imine (C=N–C) groups is 1. The molecule has 1 heterocycles. The Morgan fingerprint density at radius 3 is 2.23 bits per heavy atom. The summed E-state index contributed by atoms with van der Waals surface area (Å²) in [5, 5.41) is 13.6. The number of aliphatic hydroxyl groups excluding tert-OH is 1. The van der Waals surface area contributed by atoms with Gasteiger partial charge in [-0.2, -0.15) is 0 Å². The second-order valence-electron chi connectivity index (χ2n) is 9.17. The van der Waals surface area contributed by atoms with E-state index in [1.54, 1.807) is 0 Å². The van der Waals surface area contributed by atoms with Crippen LogP contribution >= 0.6 is 0 Å². The van der Waals surface area contributed by atoms with Gasteiger partial charge in [-0.25, -0.2) is 0 Å². The first-order valence-electron chi connectivity index (χ1n) is 12.8. The van der Waals surface area contributed by atoms with E-state index in [1.807, 2.05) is 25.0 Å². The van der Waals surface area contributed by atoms with Crippen LogP contribution in [0.5, 0.6) is 0 Å². The largest absolute Gasteiger partial charge is 0.392 e. The van der Waals surface area contributed by atoms with Crippen molar-refractivity contribution in [3.63, 3.8) is 0 Å². The summed E-state index contributed by atoms with van der Waals surface area (Å²) in [6.07, 6.45) is 19.0. The molecule has 0 aromatic carbocycles. The Balaban J connectivity index is 2.02. The van der Waals surface area contributed by atoms with Crippen molar-refractivity contribution in [1.82, 2.24) is 10.2 Å². The summed E-state index contributed by atoms with van der Waals surface area (Å²) < 4.78 is 0. The van der Waals surface area contributed by atoms with Gasteiger partial charge in [-0.05, 0) is 26.0 Å². The highest BCUT2D eigenvalue weighted by molar-refractivity contribution is 5.82. The van der Waals surface area contributed by atoms with Crippen molar-refractivity contribution >= 4 is 12.1 Å². The second-order valence-corrected chi connectivity index (χ2v) is 9.17. The Bertz CT molecular complexity index is 456. The van der Waals surface area contributed by atoms with Gasteiger partial charge in [-0.1, -0.05) is 90.9 Å². The Kier molecular flexibility index (Phi) is 16.0. The maximum absolute atomic E-state index is 12.5. The number of unbranched alkanes of at least 4 members (excludes halogenated alkanes) is 11. The zero-order chi connectivity index (χ0) is 22.0. The zero-order valence-corrected chi connectivity index (χ0v) is 20.1. The van der Waals surface area contributed by atoms with Crippen molar-refractivity contribution in [2.45, 2.75) is 123 Å². The van der Waals surface area contributed by atoms with Crippen LogP contribution in [-0.4, -0.2) is 54.0 Å². The number of nitrogens with zero attached hydrogens (tertiary/aromatic N) is 2. The molecule has 3 atom stereocenters. The molecule has 0 aromatic rings. The van der Waals surface area contributed by atoms with Crippen molar-refractivity contribution in [2.75, 3.05) is 19.6 Å². The molecular weight excluding hydrogens is 374 g/mol. The van der Waals surface area contributed by atoms with E-state index in [1.165, 1.54) is 70.6 Å². The van der Waals surface area contributed by atoms with Gasteiger partial charge in [0.25, 0.3) is 0 Å². The van der Waals surface area contributed by atoms with E-state index in [2.05, 4.69) is 17.2 Å². The van der Waals surface area contributed by atoms with Crippen molar-refractivity contribution in [3.8, 4) is 0 Å². The van der Waals surface area contributed by atoms with Crippen LogP contribution in [0.4, 0.5) is 0 Å². The highest BCUT2D eigenvalue weighted by Gasteiger charge is 2.25. The Morgan fingerprint density at radius 1 is 1.07 bits per heavy atom. The minimum Gasteiger partial charge on any atom is -0.392 e. The van der Waals surface area contributed by atoms with Gasteiger partial charge in [0, 0.05) is 19.0 Å². The van der Waals surface area contributed by atoms with E-state index < -0.39 is 0 Å². The van der Waals surface area contributed by atoms with Gasteiger partial charge >= 0.3 is 0 Å². The molecule has 0 radical (unpaired) electrons. The van der Waals surface area contributed by atoms with Crippen LogP contribution in [0.2, 0.25) is 0 Å². The predicted molar refractivity (Wildman–Crippen MR) is 128 cm³/mol. The minimum atomic E-state index is -0.337. The molecule has 0 saturated carbocycles. The fraction of sp³-hybridized carbons (Fsp3) is 0.920. The number of nitrogens with one attached hydrogen (secondary N) is 1. The molecule has 1 aliphatic heterocycles. The SMILES string of the molecule is CCCCCCCCCCCCCCC(O)CNC(C)N1CC/N=C\CC(C)C1=O. The molecule has 1 amide bonds. The third-order valence-electron chi connectivity index (χ3n) is 6.27. The van der Waals surface area contributed by atoms with Crippen LogP contribution in [0.25, 0.3) is 0 Å². The lowest BCUT2D eigenvalue weighted by atomic mass is 10.0. The lowest BCUT2D eigenvalue weighted by Gasteiger charge is -2.33. The lowest BCUT2D eigenvalue weighted by Crippen LogP contribution is -2.51. The maximum atomic E-state index is 12.5. The molecule has 30 heavy (non-hydrogen) atoms. The summed E-state index contributed by atoms with van der Waals surface area (Å²) in [6.45, 7) is 8.08. The summed E-state index contributed by atoms with van der Waals surface area (Å²) in [4.78, 5) is 18.8. The molecule has 0 aliphatic carbocycles. The minimum absolute atomic E-state index is 0.0238.